The molecule has 4 nitrogen and oxygen atoms in total. The van der Waals surface area contributed by atoms with Crippen LogP contribution in [-0.4, -0.2) is 13.0 Å². The van der Waals surface area contributed by atoms with E-state index >= 15 is 0 Å². The summed E-state index contributed by atoms with van der Waals surface area (Å²) in [7, 11) is 1.59. The predicted octanol–water partition coefficient (Wildman–Crippen LogP) is 3.45. The predicted molar refractivity (Wildman–Crippen MR) is 72.3 cm³/mol. The van der Waals surface area contributed by atoms with Gasteiger partial charge >= 0.3 is 0 Å². The first-order valence-electron chi connectivity index (χ1n) is 5.07. The summed E-state index contributed by atoms with van der Waals surface area (Å²) in [6.45, 7) is 0. The van der Waals surface area contributed by atoms with E-state index < -0.39 is 0 Å². The second-order valence-electron chi connectivity index (χ2n) is 3.68. The average Bonchev–Trinajstić information content (AvgIpc) is 2.77. The Morgan fingerprint density at radius 1 is 1.33 bits per heavy atom. The lowest BCUT2D eigenvalue weighted by Gasteiger charge is -2.18. The summed E-state index contributed by atoms with van der Waals surface area (Å²) >= 11 is 11.6. The fourth-order valence-electron chi connectivity index (χ4n) is 1.54. The zero-order valence-corrected chi connectivity index (χ0v) is 11.0. The molecule has 2 N–H and O–H groups in total. The number of benzene rings is 1. The van der Waals surface area contributed by atoms with Crippen LogP contribution in [0.1, 0.15) is 10.4 Å². The SMILES string of the molecule is CN(C(=O)c1ccoc1Cl)c1cc(Cl)ccc1N. The van der Waals surface area contributed by atoms with E-state index in [2.05, 4.69) is 0 Å². The summed E-state index contributed by atoms with van der Waals surface area (Å²) in [6.07, 6.45) is 1.35. The lowest BCUT2D eigenvalue weighted by atomic mass is 10.2. The van der Waals surface area contributed by atoms with Crippen molar-refractivity contribution in [3.05, 3.63) is 46.3 Å². The maximum atomic E-state index is 12.2. The number of carbonyl (C=O) groups is 1. The molecular formula is C12H10Cl2N2O2. The fraction of sp³-hybridized carbons (Fsp3) is 0.0833. The first-order valence-corrected chi connectivity index (χ1v) is 5.82. The Kier molecular flexibility index (Phi) is 3.50. The monoisotopic (exact) mass is 284 g/mol. The highest BCUT2D eigenvalue weighted by atomic mass is 35.5. The van der Waals surface area contributed by atoms with Gasteiger partial charge in [0.25, 0.3) is 5.91 Å². The number of halogens is 2. The fourth-order valence-corrected chi connectivity index (χ4v) is 1.91. The third-order valence-electron chi connectivity index (χ3n) is 2.51. The van der Waals surface area contributed by atoms with Gasteiger partial charge in [-0.1, -0.05) is 11.6 Å². The van der Waals surface area contributed by atoms with Gasteiger partial charge in [-0.2, -0.15) is 0 Å². The second-order valence-corrected chi connectivity index (χ2v) is 4.46. The van der Waals surface area contributed by atoms with E-state index in [0.29, 0.717) is 16.4 Å². The minimum atomic E-state index is -0.317. The van der Waals surface area contributed by atoms with Gasteiger partial charge in [-0.05, 0) is 35.9 Å². The molecule has 1 aromatic carbocycles. The van der Waals surface area contributed by atoms with Crippen LogP contribution in [0, 0.1) is 0 Å². The average molecular weight is 285 g/mol. The number of nitrogen functional groups attached to an aromatic ring is 1. The summed E-state index contributed by atoms with van der Waals surface area (Å²) in [5.74, 6) is -0.317. The van der Waals surface area contributed by atoms with E-state index in [1.54, 1.807) is 25.2 Å². The Hall–Kier alpha value is -1.65. The molecule has 2 rings (SSSR count). The van der Waals surface area contributed by atoms with E-state index in [9.17, 15) is 4.79 Å². The number of hydrogen-bond donors (Lipinski definition) is 1. The van der Waals surface area contributed by atoms with Crippen molar-refractivity contribution in [1.82, 2.24) is 0 Å². The van der Waals surface area contributed by atoms with Gasteiger partial charge in [0.1, 0.15) is 0 Å². The van der Waals surface area contributed by atoms with Crippen LogP contribution in [0.15, 0.2) is 34.9 Å². The summed E-state index contributed by atoms with van der Waals surface area (Å²) in [6, 6.07) is 6.41. The minimum absolute atomic E-state index is 0.0486. The Balaban J connectivity index is 2.37. The molecule has 94 valence electrons. The zero-order chi connectivity index (χ0) is 13.3. The molecule has 1 heterocycles. The normalized spacial score (nSPS) is 10.4. The summed E-state index contributed by atoms with van der Waals surface area (Å²) in [5, 5.41) is 0.546. The minimum Gasteiger partial charge on any atom is -0.452 e. The Morgan fingerprint density at radius 2 is 2.06 bits per heavy atom. The van der Waals surface area contributed by atoms with E-state index in [-0.39, 0.29) is 16.7 Å². The largest absolute Gasteiger partial charge is 0.452 e. The molecule has 0 radical (unpaired) electrons. The third-order valence-corrected chi connectivity index (χ3v) is 3.03. The van der Waals surface area contributed by atoms with E-state index in [4.69, 9.17) is 33.4 Å². The number of furan rings is 1. The molecule has 0 aliphatic rings. The molecule has 18 heavy (non-hydrogen) atoms. The van der Waals surface area contributed by atoms with Crippen LogP contribution in [-0.2, 0) is 0 Å². The van der Waals surface area contributed by atoms with Crippen molar-refractivity contribution >= 4 is 40.5 Å². The number of nitrogens with zero attached hydrogens (tertiary/aromatic N) is 1. The van der Waals surface area contributed by atoms with Crippen LogP contribution in [0.4, 0.5) is 11.4 Å². The molecule has 0 aliphatic carbocycles. The van der Waals surface area contributed by atoms with Crippen molar-refractivity contribution in [3.63, 3.8) is 0 Å². The van der Waals surface area contributed by atoms with Gasteiger partial charge in [0.15, 0.2) is 0 Å². The standard InChI is InChI=1S/C12H10Cl2N2O2/c1-16(10-6-7(13)2-3-9(10)15)12(17)8-4-5-18-11(8)14/h2-6H,15H2,1H3. The van der Waals surface area contributed by atoms with Crippen molar-refractivity contribution in [2.24, 2.45) is 0 Å². The number of anilines is 2. The van der Waals surface area contributed by atoms with Gasteiger partial charge in [0.05, 0.1) is 23.2 Å². The van der Waals surface area contributed by atoms with Crippen LogP contribution < -0.4 is 10.6 Å². The van der Waals surface area contributed by atoms with Gasteiger partial charge in [-0.15, -0.1) is 0 Å². The molecule has 0 saturated heterocycles. The maximum absolute atomic E-state index is 12.2. The highest BCUT2D eigenvalue weighted by Gasteiger charge is 2.20. The Labute approximate surface area is 114 Å². The van der Waals surface area contributed by atoms with Crippen LogP contribution in [0.5, 0.6) is 0 Å². The van der Waals surface area contributed by atoms with Crippen molar-refractivity contribution in [2.75, 3.05) is 17.7 Å². The topological polar surface area (TPSA) is 59.5 Å². The zero-order valence-electron chi connectivity index (χ0n) is 9.48. The van der Waals surface area contributed by atoms with Crippen LogP contribution >= 0.6 is 23.2 Å². The first-order chi connectivity index (χ1) is 8.50. The molecule has 0 fully saturated rings. The smallest absolute Gasteiger partial charge is 0.262 e. The summed E-state index contributed by atoms with van der Waals surface area (Å²) in [4.78, 5) is 13.5. The quantitative estimate of drug-likeness (QED) is 0.860. The molecule has 0 atom stereocenters. The van der Waals surface area contributed by atoms with Crippen molar-refractivity contribution < 1.29 is 9.21 Å². The van der Waals surface area contributed by atoms with Crippen LogP contribution in [0.2, 0.25) is 10.2 Å². The number of carbonyl (C=O) groups excluding carboxylic acids is 1. The van der Waals surface area contributed by atoms with Gasteiger partial charge in [-0.25, -0.2) is 0 Å². The molecular weight excluding hydrogens is 275 g/mol. The Morgan fingerprint density at radius 3 is 2.67 bits per heavy atom. The summed E-state index contributed by atoms with van der Waals surface area (Å²) in [5.41, 5.74) is 7.06. The third kappa shape index (κ3) is 2.30. The lowest BCUT2D eigenvalue weighted by Crippen LogP contribution is -2.26. The van der Waals surface area contributed by atoms with Gasteiger partial charge in [-0.3, -0.25) is 4.79 Å². The van der Waals surface area contributed by atoms with E-state index in [1.165, 1.54) is 17.2 Å². The van der Waals surface area contributed by atoms with Gasteiger partial charge < -0.3 is 15.1 Å². The summed E-state index contributed by atoms with van der Waals surface area (Å²) < 4.78 is 4.89. The van der Waals surface area contributed by atoms with Crippen LogP contribution in [0.25, 0.3) is 0 Å². The Bertz CT molecular complexity index is 596. The highest BCUT2D eigenvalue weighted by molar-refractivity contribution is 6.33. The van der Waals surface area contributed by atoms with Gasteiger partial charge in [0.2, 0.25) is 5.22 Å². The van der Waals surface area contributed by atoms with Crippen molar-refractivity contribution in [2.45, 2.75) is 0 Å². The molecule has 6 heteroatoms. The van der Waals surface area contributed by atoms with Crippen molar-refractivity contribution in [3.8, 4) is 0 Å². The maximum Gasteiger partial charge on any atom is 0.262 e. The van der Waals surface area contributed by atoms with E-state index in [1.807, 2.05) is 0 Å². The molecule has 0 spiro atoms. The molecule has 0 unspecified atom stereocenters. The number of hydrogen-bond acceptors (Lipinski definition) is 3. The van der Waals surface area contributed by atoms with Crippen LogP contribution in [0.3, 0.4) is 0 Å². The first kappa shape index (κ1) is 12.8. The molecule has 1 amide bonds. The second kappa shape index (κ2) is 4.92. The highest BCUT2D eigenvalue weighted by Crippen LogP contribution is 2.28. The van der Waals surface area contributed by atoms with E-state index in [0.717, 1.165) is 0 Å². The molecule has 0 aliphatic heterocycles. The number of nitrogens with two attached hydrogens (primary N) is 1. The molecule has 0 bridgehead atoms. The van der Waals surface area contributed by atoms with Crippen molar-refractivity contribution in [1.29, 1.82) is 0 Å². The lowest BCUT2D eigenvalue weighted by molar-refractivity contribution is 0.0992. The number of rotatable bonds is 2. The molecule has 0 saturated carbocycles. The molecule has 1 aromatic heterocycles. The van der Waals surface area contributed by atoms with Gasteiger partial charge in [0, 0.05) is 12.1 Å². The number of amides is 1. The molecule has 2 aromatic rings.